The molecule has 3 rings (SSSR count). The number of hydrogen-bond donors (Lipinski definition) is 2. The van der Waals surface area contributed by atoms with Crippen molar-refractivity contribution in [3.05, 3.63) is 47.4 Å². The first-order valence-corrected chi connectivity index (χ1v) is 8.23. The summed E-state index contributed by atoms with van der Waals surface area (Å²) in [6.45, 7) is 1.77. The molecule has 0 aliphatic carbocycles. The van der Waals surface area contributed by atoms with Crippen LogP contribution >= 0.6 is 11.8 Å². The summed E-state index contributed by atoms with van der Waals surface area (Å²) in [6, 6.07) is 10.1. The number of carbonyl (C=O) groups is 1. The molecule has 2 aliphatic rings. The van der Waals surface area contributed by atoms with Crippen molar-refractivity contribution >= 4 is 17.9 Å². The van der Waals surface area contributed by atoms with Gasteiger partial charge in [0.2, 0.25) is 0 Å². The molecular formula is C16H20N2O2S. The van der Waals surface area contributed by atoms with E-state index in [0.29, 0.717) is 0 Å². The van der Waals surface area contributed by atoms with Crippen molar-refractivity contribution in [2.45, 2.75) is 30.2 Å². The van der Waals surface area contributed by atoms with Gasteiger partial charge in [-0.15, -0.1) is 11.8 Å². The van der Waals surface area contributed by atoms with Gasteiger partial charge < -0.3 is 10.4 Å². The Labute approximate surface area is 129 Å². The second-order valence-electron chi connectivity index (χ2n) is 5.48. The first-order chi connectivity index (χ1) is 10.2. The second-order valence-corrected chi connectivity index (χ2v) is 6.66. The quantitative estimate of drug-likeness (QED) is 0.900. The molecule has 0 bridgehead atoms. The first-order valence-electron chi connectivity index (χ1n) is 7.35. The van der Waals surface area contributed by atoms with Crippen molar-refractivity contribution in [3.63, 3.8) is 0 Å². The molecule has 2 aliphatic heterocycles. The summed E-state index contributed by atoms with van der Waals surface area (Å²) in [7, 11) is 0. The van der Waals surface area contributed by atoms with Gasteiger partial charge >= 0.3 is 6.09 Å². The van der Waals surface area contributed by atoms with E-state index >= 15 is 0 Å². The van der Waals surface area contributed by atoms with Crippen LogP contribution in [-0.4, -0.2) is 35.2 Å². The average Bonchev–Trinajstić information content (AvgIpc) is 2.99. The summed E-state index contributed by atoms with van der Waals surface area (Å²) < 4.78 is 0. The largest absolute Gasteiger partial charge is 0.465 e. The Morgan fingerprint density at radius 3 is 2.57 bits per heavy atom. The SMILES string of the molecule is O=C(O)N(C1CCNCC1)C1(c2ccccc2)CC=CS1. The normalized spacial score (nSPS) is 25.9. The summed E-state index contributed by atoms with van der Waals surface area (Å²) in [4.78, 5) is 13.2. The fourth-order valence-electron chi connectivity index (χ4n) is 3.27. The Kier molecular flexibility index (Phi) is 4.22. The predicted octanol–water partition coefficient (Wildman–Crippen LogP) is 3.22. The standard InChI is InChI=1S/C16H20N2O2S/c19-15(20)18(14-7-10-17-11-8-14)16(9-4-12-21-16)13-5-2-1-3-6-13/h1-6,12,14,17H,7-11H2,(H,19,20). The molecule has 1 amide bonds. The lowest BCUT2D eigenvalue weighted by Gasteiger charge is -2.45. The molecule has 0 aromatic heterocycles. The maximum Gasteiger partial charge on any atom is 0.408 e. The number of thioether (sulfide) groups is 1. The topological polar surface area (TPSA) is 52.6 Å². The highest BCUT2D eigenvalue weighted by Gasteiger charge is 2.46. The van der Waals surface area contributed by atoms with Crippen LogP contribution in [0.15, 0.2) is 41.8 Å². The minimum Gasteiger partial charge on any atom is -0.465 e. The van der Waals surface area contributed by atoms with Gasteiger partial charge in [-0.1, -0.05) is 36.4 Å². The van der Waals surface area contributed by atoms with Crippen molar-refractivity contribution in [2.24, 2.45) is 0 Å². The predicted molar refractivity (Wildman–Crippen MR) is 85.2 cm³/mol. The smallest absolute Gasteiger partial charge is 0.408 e. The maximum atomic E-state index is 12.0. The molecule has 112 valence electrons. The Hall–Kier alpha value is -1.46. The zero-order valence-corrected chi connectivity index (χ0v) is 12.7. The molecule has 1 fully saturated rings. The summed E-state index contributed by atoms with van der Waals surface area (Å²) in [5, 5.41) is 15.2. The first kappa shape index (κ1) is 14.5. The lowest BCUT2D eigenvalue weighted by Crippen LogP contribution is -2.54. The third-order valence-electron chi connectivity index (χ3n) is 4.25. The fourth-order valence-corrected chi connectivity index (χ4v) is 4.49. The number of nitrogens with zero attached hydrogens (tertiary/aromatic N) is 1. The highest BCUT2D eigenvalue weighted by Crippen LogP contribution is 2.49. The van der Waals surface area contributed by atoms with Crippen molar-refractivity contribution < 1.29 is 9.90 Å². The molecule has 1 atom stereocenters. The number of amides is 1. The van der Waals surface area contributed by atoms with Gasteiger partial charge in [0.15, 0.2) is 0 Å². The van der Waals surface area contributed by atoms with E-state index < -0.39 is 11.0 Å². The van der Waals surface area contributed by atoms with Gasteiger partial charge in [-0.3, -0.25) is 4.90 Å². The van der Waals surface area contributed by atoms with Crippen LogP contribution in [0.1, 0.15) is 24.8 Å². The van der Waals surface area contributed by atoms with Gasteiger partial charge in [-0.2, -0.15) is 0 Å². The van der Waals surface area contributed by atoms with E-state index in [0.717, 1.165) is 37.9 Å². The molecule has 0 radical (unpaired) electrons. The van der Waals surface area contributed by atoms with Gasteiger partial charge in [0.05, 0.1) is 0 Å². The molecule has 0 spiro atoms. The third-order valence-corrected chi connectivity index (χ3v) is 5.57. The van der Waals surface area contributed by atoms with Gasteiger partial charge in [0.1, 0.15) is 4.87 Å². The van der Waals surface area contributed by atoms with Crippen LogP contribution in [0.3, 0.4) is 0 Å². The molecule has 2 heterocycles. The molecule has 1 saturated heterocycles. The second kappa shape index (κ2) is 6.12. The molecule has 1 aromatic carbocycles. The van der Waals surface area contributed by atoms with Crippen LogP contribution in [0, 0.1) is 0 Å². The van der Waals surface area contributed by atoms with Crippen LogP contribution in [-0.2, 0) is 4.87 Å². The molecule has 0 saturated carbocycles. The number of piperidine rings is 1. The van der Waals surface area contributed by atoms with E-state index in [-0.39, 0.29) is 6.04 Å². The van der Waals surface area contributed by atoms with Crippen molar-refractivity contribution in [3.8, 4) is 0 Å². The van der Waals surface area contributed by atoms with E-state index in [2.05, 4.69) is 11.4 Å². The summed E-state index contributed by atoms with van der Waals surface area (Å²) in [6.07, 6.45) is 3.75. The fraction of sp³-hybridized carbons (Fsp3) is 0.438. The highest BCUT2D eigenvalue weighted by atomic mass is 32.2. The Morgan fingerprint density at radius 1 is 1.29 bits per heavy atom. The van der Waals surface area contributed by atoms with E-state index in [1.165, 1.54) is 0 Å². The van der Waals surface area contributed by atoms with Crippen LogP contribution in [0.4, 0.5) is 4.79 Å². The molecule has 2 N–H and O–H groups in total. The summed E-state index contributed by atoms with van der Waals surface area (Å²) in [5.41, 5.74) is 1.07. The third kappa shape index (κ3) is 2.68. The lowest BCUT2D eigenvalue weighted by molar-refractivity contribution is 0.0745. The van der Waals surface area contributed by atoms with Crippen LogP contribution in [0.5, 0.6) is 0 Å². The Morgan fingerprint density at radius 2 is 2.00 bits per heavy atom. The Bertz CT molecular complexity index is 518. The van der Waals surface area contributed by atoms with E-state index in [9.17, 15) is 9.90 Å². The highest BCUT2D eigenvalue weighted by molar-refractivity contribution is 8.03. The van der Waals surface area contributed by atoms with Gasteiger partial charge in [0.25, 0.3) is 0 Å². The molecular weight excluding hydrogens is 284 g/mol. The van der Waals surface area contributed by atoms with Crippen molar-refractivity contribution in [1.29, 1.82) is 0 Å². The summed E-state index contributed by atoms with van der Waals surface area (Å²) in [5.74, 6) is 0. The average molecular weight is 304 g/mol. The van der Waals surface area contributed by atoms with Crippen LogP contribution in [0.2, 0.25) is 0 Å². The molecule has 1 aromatic rings. The minimum atomic E-state index is -0.818. The zero-order valence-electron chi connectivity index (χ0n) is 11.9. The van der Waals surface area contributed by atoms with E-state index in [4.69, 9.17) is 0 Å². The van der Waals surface area contributed by atoms with Crippen LogP contribution in [0.25, 0.3) is 0 Å². The lowest BCUT2D eigenvalue weighted by atomic mass is 9.96. The van der Waals surface area contributed by atoms with Gasteiger partial charge in [0, 0.05) is 12.5 Å². The van der Waals surface area contributed by atoms with Gasteiger partial charge in [-0.25, -0.2) is 4.79 Å². The van der Waals surface area contributed by atoms with E-state index in [1.54, 1.807) is 16.7 Å². The molecule has 4 nitrogen and oxygen atoms in total. The number of nitrogens with one attached hydrogen (secondary N) is 1. The van der Waals surface area contributed by atoms with Crippen molar-refractivity contribution in [2.75, 3.05) is 13.1 Å². The zero-order chi connectivity index (χ0) is 14.7. The summed E-state index contributed by atoms with van der Waals surface area (Å²) >= 11 is 1.62. The maximum absolute atomic E-state index is 12.0. The number of carboxylic acid groups (broad SMARTS) is 1. The monoisotopic (exact) mass is 304 g/mol. The Balaban J connectivity index is 1.99. The number of rotatable bonds is 3. The number of hydrogen-bond acceptors (Lipinski definition) is 3. The minimum absolute atomic E-state index is 0.0800. The van der Waals surface area contributed by atoms with Crippen LogP contribution < -0.4 is 5.32 Å². The van der Waals surface area contributed by atoms with Crippen molar-refractivity contribution in [1.82, 2.24) is 10.2 Å². The van der Waals surface area contributed by atoms with E-state index in [1.807, 2.05) is 35.7 Å². The molecule has 5 heteroatoms. The van der Waals surface area contributed by atoms with Gasteiger partial charge in [-0.05, 0) is 36.9 Å². The molecule has 1 unspecified atom stereocenters. The molecule has 21 heavy (non-hydrogen) atoms. The number of benzene rings is 1.